The van der Waals surface area contributed by atoms with Crippen LogP contribution in [0.3, 0.4) is 0 Å². The van der Waals surface area contributed by atoms with Crippen molar-refractivity contribution >= 4 is 10.0 Å². The van der Waals surface area contributed by atoms with Crippen molar-refractivity contribution in [3.05, 3.63) is 53.6 Å². The molecule has 0 unspecified atom stereocenters. The van der Waals surface area contributed by atoms with Crippen LogP contribution in [0, 0.1) is 11.3 Å². The standard InChI is InChI=1S/C19H20N2O4S/c1-24-15-8-9-17(19(12-15)25-2)18-7-4-10-21(18)26(22,23)16-6-3-5-14(11-16)13-20/h3,5-6,8-9,11-12,18H,4,7,10H2,1-2H3/t18-/m0/s1. The third-order valence-electron chi connectivity index (χ3n) is 4.57. The average molecular weight is 372 g/mol. The fourth-order valence-electron chi connectivity index (χ4n) is 3.29. The summed E-state index contributed by atoms with van der Waals surface area (Å²) < 4.78 is 38.5. The zero-order chi connectivity index (χ0) is 18.7. The summed E-state index contributed by atoms with van der Waals surface area (Å²) in [4.78, 5) is 0.135. The molecule has 1 fully saturated rings. The number of benzene rings is 2. The number of rotatable bonds is 5. The van der Waals surface area contributed by atoms with Gasteiger partial charge < -0.3 is 9.47 Å². The minimum Gasteiger partial charge on any atom is -0.497 e. The smallest absolute Gasteiger partial charge is 0.243 e. The average Bonchev–Trinajstić information content (AvgIpc) is 3.18. The molecule has 1 saturated heterocycles. The summed E-state index contributed by atoms with van der Waals surface area (Å²) in [7, 11) is -0.583. The zero-order valence-electron chi connectivity index (χ0n) is 14.7. The minimum absolute atomic E-state index is 0.135. The molecular weight excluding hydrogens is 352 g/mol. The highest BCUT2D eigenvalue weighted by Crippen LogP contribution is 2.41. The van der Waals surface area contributed by atoms with Crippen LogP contribution < -0.4 is 9.47 Å². The van der Waals surface area contributed by atoms with E-state index in [0.717, 1.165) is 12.0 Å². The van der Waals surface area contributed by atoms with Gasteiger partial charge in [0.2, 0.25) is 10.0 Å². The van der Waals surface area contributed by atoms with Gasteiger partial charge in [-0.25, -0.2) is 8.42 Å². The number of ether oxygens (including phenoxy) is 2. The molecule has 0 bridgehead atoms. The van der Waals surface area contributed by atoms with Crippen molar-refractivity contribution in [2.75, 3.05) is 20.8 Å². The largest absolute Gasteiger partial charge is 0.497 e. The molecule has 136 valence electrons. The predicted octanol–water partition coefficient (Wildman–Crippen LogP) is 3.10. The molecule has 0 N–H and O–H groups in total. The van der Waals surface area contributed by atoms with Crippen LogP contribution >= 0.6 is 0 Å². The molecule has 0 saturated carbocycles. The fraction of sp³-hybridized carbons (Fsp3) is 0.316. The Labute approximate surface area is 153 Å². The Kier molecular flexibility index (Phi) is 5.16. The van der Waals surface area contributed by atoms with E-state index in [1.807, 2.05) is 12.1 Å². The summed E-state index contributed by atoms with van der Waals surface area (Å²) in [5.74, 6) is 1.25. The van der Waals surface area contributed by atoms with E-state index in [-0.39, 0.29) is 10.9 Å². The summed E-state index contributed by atoms with van der Waals surface area (Å²) in [6.07, 6.45) is 1.47. The van der Waals surface area contributed by atoms with E-state index in [1.165, 1.54) is 16.4 Å². The van der Waals surface area contributed by atoms with Crippen molar-refractivity contribution < 1.29 is 17.9 Å². The Morgan fingerprint density at radius 2 is 1.96 bits per heavy atom. The lowest BCUT2D eigenvalue weighted by molar-refractivity contribution is 0.361. The van der Waals surface area contributed by atoms with Crippen molar-refractivity contribution in [3.8, 4) is 17.6 Å². The molecule has 7 heteroatoms. The molecule has 0 aliphatic carbocycles. The lowest BCUT2D eigenvalue weighted by atomic mass is 10.0. The Bertz CT molecular complexity index is 950. The quantitative estimate of drug-likeness (QED) is 0.806. The SMILES string of the molecule is COc1ccc([C@@H]2CCCN2S(=O)(=O)c2cccc(C#N)c2)c(OC)c1. The summed E-state index contributed by atoms with van der Waals surface area (Å²) in [6.45, 7) is 0.430. The first-order valence-corrected chi connectivity index (χ1v) is 9.69. The molecule has 6 nitrogen and oxygen atoms in total. The van der Waals surface area contributed by atoms with E-state index < -0.39 is 10.0 Å². The Balaban J connectivity index is 2.02. The Morgan fingerprint density at radius 3 is 2.65 bits per heavy atom. The Hall–Kier alpha value is -2.56. The molecule has 3 rings (SSSR count). The molecular formula is C19H20N2O4S. The summed E-state index contributed by atoms with van der Waals surface area (Å²) in [5.41, 5.74) is 1.13. The van der Waals surface area contributed by atoms with Gasteiger partial charge in [0.1, 0.15) is 11.5 Å². The van der Waals surface area contributed by atoms with Crippen molar-refractivity contribution in [2.45, 2.75) is 23.8 Å². The molecule has 0 radical (unpaired) electrons. The van der Waals surface area contributed by atoms with E-state index in [9.17, 15) is 8.42 Å². The molecule has 1 aliphatic heterocycles. The molecule has 0 amide bonds. The normalized spacial score (nSPS) is 17.7. The second-order valence-corrected chi connectivity index (χ2v) is 7.91. The van der Waals surface area contributed by atoms with Gasteiger partial charge in [-0.2, -0.15) is 9.57 Å². The van der Waals surface area contributed by atoms with E-state index in [1.54, 1.807) is 38.5 Å². The summed E-state index contributed by atoms with van der Waals surface area (Å²) >= 11 is 0. The van der Waals surface area contributed by atoms with Gasteiger partial charge >= 0.3 is 0 Å². The summed E-state index contributed by atoms with van der Waals surface area (Å²) in [5, 5.41) is 9.05. The van der Waals surface area contributed by atoms with Gasteiger partial charge in [-0.1, -0.05) is 12.1 Å². The van der Waals surface area contributed by atoms with Gasteiger partial charge in [0.05, 0.1) is 36.8 Å². The van der Waals surface area contributed by atoms with Crippen LogP contribution in [-0.4, -0.2) is 33.5 Å². The van der Waals surface area contributed by atoms with Gasteiger partial charge in [-0.15, -0.1) is 0 Å². The predicted molar refractivity (Wildman–Crippen MR) is 96.6 cm³/mol. The number of sulfonamides is 1. The van der Waals surface area contributed by atoms with Crippen molar-refractivity contribution in [3.63, 3.8) is 0 Å². The second kappa shape index (κ2) is 7.36. The summed E-state index contributed by atoms with van der Waals surface area (Å²) in [6, 6.07) is 13.2. The van der Waals surface area contributed by atoms with Crippen LogP contribution in [0.25, 0.3) is 0 Å². The molecule has 1 heterocycles. The number of methoxy groups -OCH3 is 2. The highest BCUT2D eigenvalue weighted by Gasteiger charge is 2.37. The monoisotopic (exact) mass is 372 g/mol. The third kappa shape index (κ3) is 3.26. The molecule has 1 aliphatic rings. The van der Waals surface area contributed by atoms with Gasteiger partial charge in [0, 0.05) is 18.2 Å². The van der Waals surface area contributed by atoms with E-state index >= 15 is 0 Å². The first-order valence-electron chi connectivity index (χ1n) is 8.25. The molecule has 0 spiro atoms. The molecule has 2 aromatic carbocycles. The van der Waals surface area contributed by atoms with Crippen LogP contribution in [0.2, 0.25) is 0 Å². The topological polar surface area (TPSA) is 79.6 Å². The lowest BCUT2D eigenvalue weighted by Crippen LogP contribution is -2.31. The Morgan fingerprint density at radius 1 is 1.15 bits per heavy atom. The number of hydrogen-bond donors (Lipinski definition) is 0. The highest BCUT2D eigenvalue weighted by molar-refractivity contribution is 7.89. The van der Waals surface area contributed by atoms with Gasteiger partial charge in [0.25, 0.3) is 0 Å². The van der Waals surface area contributed by atoms with Crippen LogP contribution in [-0.2, 0) is 10.0 Å². The van der Waals surface area contributed by atoms with Crippen molar-refractivity contribution in [1.82, 2.24) is 4.31 Å². The van der Waals surface area contributed by atoms with Crippen molar-refractivity contribution in [1.29, 1.82) is 5.26 Å². The van der Waals surface area contributed by atoms with Gasteiger partial charge in [-0.05, 0) is 37.1 Å². The van der Waals surface area contributed by atoms with Crippen LogP contribution in [0.5, 0.6) is 11.5 Å². The van der Waals surface area contributed by atoms with Gasteiger partial charge in [-0.3, -0.25) is 0 Å². The van der Waals surface area contributed by atoms with Crippen LogP contribution in [0.1, 0.15) is 30.0 Å². The zero-order valence-corrected chi connectivity index (χ0v) is 15.5. The highest BCUT2D eigenvalue weighted by atomic mass is 32.2. The van der Waals surface area contributed by atoms with Crippen molar-refractivity contribution in [2.24, 2.45) is 0 Å². The van der Waals surface area contributed by atoms with E-state index in [0.29, 0.717) is 30.0 Å². The van der Waals surface area contributed by atoms with Crippen LogP contribution in [0.4, 0.5) is 0 Å². The molecule has 0 aromatic heterocycles. The first-order chi connectivity index (χ1) is 12.5. The minimum atomic E-state index is -3.71. The van der Waals surface area contributed by atoms with Gasteiger partial charge in [0.15, 0.2) is 0 Å². The molecule has 26 heavy (non-hydrogen) atoms. The first kappa shape index (κ1) is 18.2. The number of nitriles is 1. The second-order valence-electron chi connectivity index (χ2n) is 6.02. The third-order valence-corrected chi connectivity index (χ3v) is 6.48. The van der Waals surface area contributed by atoms with Crippen LogP contribution in [0.15, 0.2) is 47.4 Å². The molecule has 1 atom stereocenters. The van der Waals surface area contributed by atoms with E-state index in [2.05, 4.69) is 0 Å². The van der Waals surface area contributed by atoms with E-state index in [4.69, 9.17) is 14.7 Å². The lowest BCUT2D eigenvalue weighted by Gasteiger charge is -2.26. The maximum absolute atomic E-state index is 13.2. The fourth-order valence-corrected chi connectivity index (χ4v) is 5.01. The molecule has 2 aromatic rings. The number of nitrogens with zero attached hydrogens (tertiary/aromatic N) is 2. The maximum atomic E-state index is 13.2. The maximum Gasteiger partial charge on any atom is 0.243 e. The number of hydrogen-bond acceptors (Lipinski definition) is 5.